The van der Waals surface area contributed by atoms with Crippen molar-refractivity contribution >= 4 is 5.97 Å². The average Bonchev–Trinajstić information content (AvgIpc) is 3.35. The molecule has 0 aromatic heterocycles. The number of carbonyl (C=O) groups is 1. The highest BCUT2D eigenvalue weighted by Crippen LogP contribution is 2.26. The Kier molecular flexibility index (Phi) is 11.8. The summed E-state index contributed by atoms with van der Waals surface area (Å²) in [5, 5.41) is 18.2. The molecule has 1 fully saturated rings. The van der Waals surface area contributed by atoms with E-state index in [9.17, 15) is 9.90 Å². The van der Waals surface area contributed by atoms with Crippen LogP contribution in [-0.2, 0) is 9.53 Å². The van der Waals surface area contributed by atoms with Gasteiger partial charge in [0, 0.05) is 6.42 Å². The zero-order valence-electron chi connectivity index (χ0n) is 15.4. The largest absolute Gasteiger partial charge is 0.481 e. The van der Waals surface area contributed by atoms with Gasteiger partial charge in [0.15, 0.2) is 0 Å². The fraction of sp³-hybridized carbons (Fsp3) is 0.409. The molecule has 0 aromatic rings. The minimum absolute atomic E-state index is 0.152. The lowest BCUT2D eigenvalue weighted by molar-refractivity contribution is -0.136. The Morgan fingerprint density at radius 3 is 2.50 bits per heavy atom. The lowest BCUT2D eigenvalue weighted by Gasteiger charge is -1.98. The number of allylic oxidation sites excluding steroid dienone is 8. The fourth-order valence-electron chi connectivity index (χ4n) is 2.17. The van der Waals surface area contributed by atoms with E-state index in [2.05, 4.69) is 6.92 Å². The van der Waals surface area contributed by atoms with Crippen molar-refractivity contribution in [2.24, 2.45) is 0 Å². The van der Waals surface area contributed by atoms with Crippen LogP contribution >= 0.6 is 0 Å². The molecule has 0 radical (unpaired) electrons. The minimum atomic E-state index is -0.769. The van der Waals surface area contributed by atoms with E-state index in [-0.39, 0.29) is 18.6 Å². The maximum atomic E-state index is 10.4. The van der Waals surface area contributed by atoms with Crippen molar-refractivity contribution in [3.8, 4) is 0 Å². The first-order chi connectivity index (χ1) is 12.6. The van der Waals surface area contributed by atoms with Gasteiger partial charge < -0.3 is 14.9 Å². The molecular formula is C22H30O4. The Balaban J connectivity index is 2.11. The van der Waals surface area contributed by atoms with Crippen LogP contribution in [0, 0.1) is 0 Å². The van der Waals surface area contributed by atoms with E-state index in [0.29, 0.717) is 12.8 Å². The smallest absolute Gasteiger partial charge is 0.303 e. The number of aliphatic hydroxyl groups is 1. The van der Waals surface area contributed by atoms with E-state index in [1.807, 2.05) is 66.8 Å². The van der Waals surface area contributed by atoms with Gasteiger partial charge in [0.1, 0.15) is 6.10 Å². The first kappa shape index (κ1) is 21.9. The van der Waals surface area contributed by atoms with Crippen molar-refractivity contribution in [2.75, 3.05) is 0 Å². The SMILES string of the molecule is CC/C=C\C[C@H](O)/C=C/C=C\C=C\C=C\C1OC1C/C=C\CCC(=O)O. The first-order valence-corrected chi connectivity index (χ1v) is 9.17. The van der Waals surface area contributed by atoms with Crippen LogP contribution in [0.2, 0.25) is 0 Å². The second-order valence-corrected chi connectivity index (χ2v) is 6.00. The van der Waals surface area contributed by atoms with Crippen LogP contribution in [0.3, 0.4) is 0 Å². The van der Waals surface area contributed by atoms with E-state index < -0.39 is 12.1 Å². The molecule has 0 saturated carbocycles. The molecule has 4 heteroatoms. The van der Waals surface area contributed by atoms with Gasteiger partial charge >= 0.3 is 5.97 Å². The van der Waals surface area contributed by atoms with Crippen LogP contribution in [0.25, 0.3) is 0 Å². The number of rotatable bonds is 13. The molecule has 142 valence electrons. The Labute approximate surface area is 156 Å². The number of carboxylic acids is 1. The number of aliphatic carboxylic acids is 1. The molecule has 0 aliphatic carbocycles. The standard InChI is InChI=1S/C22H30O4/c1-2-3-9-14-19(23)15-10-6-4-5-7-11-16-20-21(26-20)17-12-8-13-18-22(24)25/h3-12,15-16,19-21,23H,2,13-14,17-18H2,1H3,(H,24,25)/b6-4-,7-5+,9-3-,12-8-,15-10+,16-11+/t19-,20?,21?/m0/s1. The van der Waals surface area contributed by atoms with Crippen LogP contribution in [0.15, 0.2) is 72.9 Å². The summed E-state index contributed by atoms with van der Waals surface area (Å²) >= 11 is 0. The summed E-state index contributed by atoms with van der Waals surface area (Å²) in [6.07, 6.45) is 26.3. The van der Waals surface area contributed by atoms with Crippen LogP contribution in [-0.4, -0.2) is 34.5 Å². The maximum Gasteiger partial charge on any atom is 0.303 e. The second-order valence-electron chi connectivity index (χ2n) is 6.00. The highest BCUT2D eigenvalue weighted by atomic mass is 16.6. The van der Waals surface area contributed by atoms with Gasteiger partial charge in [-0.1, -0.05) is 79.8 Å². The lowest BCUT2D eigenvalue weighted by atomic mass is 10.2. The van der Waals surface area contributed by atoms with Crippen molar-refractivity contribution in [1.82, 2.24) is 0 Å². The lowest BCUT2D eigenvalue weighted by Crippen LogP contribution is -1.98. The van der Waals surface area contributed by atoms with Crippen LogP contribution in [0.5, 0.6) is 0 Å². The number of aliphatic hydroxyl groups excluding tert-OH is 1. The molecule has 0 amide bonds. The summed E-state index contributed by atoms with van der Waals surface area (Å²) in [4.78, 5) is 10.4. The van der Waals surface area contributed by atoms with Gasteiger partial charge in [0.25, 0.3) is 0 Å². The van der Waals surface area contributed by atoms with Crippen molar-refractivity contribution < 1.29 is 19.7 Å². The molecule has 1 rings (SSSR count). The number of carboxylic acid groups (broad SMARTS) is 1. The summed E-state index contributed by atoms with van der Waals surface area (Å²) < 4.78 is 5.51. The van der Waals surface area contributed by atoms with Gasteiger partial charge in [-0.05, 0) is 25.7 Å². The topological polar surface area (TPSA) is 70.1 Å². The van der Waals surface area contributed by atoms with Gasteiger partial charge in [-0.2, -0.15) is 0 Å². The maximum absolute atomic E-state index is 10.4. The quantitative estimate of drug-likeness (QED) is 0.289. The van der Waals surface area contributed by atoms with E-state index in [1.165, 1.54) is 0 Å². The first-order valence-electron chi connectivity index (χ1n) is 9.17. The number of epoxide rings is 1. The average molecular weight is 358 g/mol. The van der Waals surface area contributed by atoms with Crippen molar-refractivity contribution in [2.45, 2.75) is 57.3 Å². The Morgan fingerprint density at radius 2 is 1.77 bits per heavy atom. The molecule has 2 unspecified atom stereocenters. The van der Waals surface area contributed by atoms with E-state index >= 15 is 0 Å². The third kappa shape index (κ3) is 12.2. The van der Waals surface area contributed by atoms with Crippen LogP contribution in [0.4, 0.5) is 0 Å². The summed E-state index contributed by atoms with van der Waals surface area (Å²) in [6, 6.07) is 0. The predicted molar refractivity (Wildman–Crippen MR) is 106 cm³/mol. The zero-order chi connectivity index (χ0) is 19.0. The van der Waals surface area contributed by atoms with E-state index in [4.69, 9.17) is 9.84 Å². The molecule has 2 N–H and O–H groups in total. The van der Waals surface area contributed by atoms with Gasteiger partial charge in [0.05, 0.1) is 12.2 Å². The monoisotopic (exact) mass is 358 g/mol. The van der Waals surface area contributed by atoms with Crippen molar-refractivity contribution in [1.29, 1.82) is 0 Å². The van der Waals surface area contributed by atoms with Gasteiger partial charge in [-0.3, -0.25) is 4.79 Å². The number of hydrogen-bond donors (Lipinski definition) is 2. The second kappa shape index (κ2) is 14.0. The minimum Gasteiger partial charge on any atom is -0.481 e. The third-order valence-electron chi connectivity index (χ3n) is 3.65. The Morgan fingerprint density at radius 1 is 1.04 bits per heavy atom. The van der Waals surface area contributed by atoms with Gasteiger partial charge in [-0.25, -0.2) is 0 Å². The van der Waals surface area contributed by atoms with E-state index in [1.54, 1.807) is 6.08 Å². The Bertz CT molecular complexity index is 567. The fourth-order valence-corrected chi connectivity index (χ4v) is 2.17. The summed E-state index contributed by atoms with van der Waals surface area (Å²) in [7, 11) is 0. The molecule has 26 heavy (non-hydrogen) atoms. The molecule has 1 saturated heterocycles. The predicted octanol–water partition coefficient (Wildman–Crippen LogP) is 4.51. The summed E-state index contributed by atoms with van der Waals surface area (Å²) in [5.41, 5.74) is 0. The molecule has 1 heterocycles. The molecular weight excluding hydrogens is 328 g/mol. The zero-order valence-corrected chi connectivity index (χ0v) is 15.4. The normalized spacial score (nSPS) is 22.1. The molecule has 3 atom stereocenters. The Hall–Kier alpha value is -2.17. The van der Waals surface area contributed by atoms with Crippen LogP contribution < -0.4 is 0 Å². The number of hydrogen-bond acceptors (Lipinski definition) is 3. The number of ether oxygens (including phenoxy) is 1. The van der Waals surface area contributed by atoms with Crippen LogP contribution in [0.1, 0.15) is 39.0 Å². The molecule has 0 spiro atoms. The van der Waals surface area contributed by atoms with Gasteiger partial charge in [0.2, 0.25) is 0 Å². The summed E-state index contributed by atoms with van der Waals surface area (Å²) in [6.45, 7) is 2.07. The molecule has 1 aliphatic heterocycles. The molecule has 4 nitrogen and oxygen atoms in total. The van der Waals surface area contributed by atoms with Crippen molar-refractivity contribution in [3.05, 3.63) is 72.9 Å². The highest BCUT2D eigenvalue weighted by molar-refractivity contribution is 5.66. The highest BCUT2D eigenvalue weighted by Gasteiger charge is 2.34. The van der Waals surface area contributed by atoms with Crippen molar-refractivity contribution in [3.63, 3.8) is 0 Å². The molecule has 0 aromatic carbocycles. The molecule has 0 bridgehead atoms. The third-order valence-corrected chi connectivity index (χ3v) is 3.65. The summed E-state index contributed by atoms with van der Waals surface area (Å²) in [5.74, 6) is -0.769. The van der Waals surface area contributed by atoms with Gasteiger partial charge in [-0.15, -0.1) is 0 Å². The molecule has 1 aliphatic rings. The van der Waals surface area contributed by atoms with E-state index in [0.717, 1.165) is 12.8 Å².